The SMILES string of the molecule is O=C(CSc1ccc(F)cc1F)Nc1ccc(F)c(-c2nnc3n2CCCCC3)c1. The minimum absolute atomic E-state index is 0.0738. The minimum Gasteiger partial charge on any atom is -0.325 e. The topological polar surface area (TPSA) is 59.8 Å². The number of thioether (sulfide) groups is 1. The number of carbonyl (C=O) groups excluding carboxylic acids is 1. The van der Waals surface area contributed by atoms with E-state index in [0.717, 1.165) is 61.9 Å². The van der Waals surface area contributed by atoms with Gasteiger partial charge in [0.2, 0.25) is 5.91 Å². The van der Waals surface area contributed by atoms with Gasteiger partial charge in [-0.2, -0.15) is 0 Å². The predicted molar refractivity (Wildman–Crippen MR) is 109 cm³/mol. The van der Waals surface area contributed by atoms with Crippen LogP contribution < -0.4 is 5.32 Å². The van der Waals surface area contributed by atoms with Crippen LogP contribution in [0.4, 0.5) is 18.9 Å². The molecule has 1 N–H and O–H groups in total. The molecule has 0 radical (unpaired) electrons. The third kappa shape index (κ3) is 4.51. The molecule has 0 bridgehead atoms. The van der Waals surface area contributed by atoms with Crippen molar-refractivity contribution in [1.82, 2.24) is 14.8 Å². The number of aromatic nitrogens is 3. The molecule has 30 heavy (non-hydrogen) atoms. The Kier molecular flexibility index (Phi) is 6.08. The van der Waals surface area contributed by atoms with Gasteiger partial charge in [0, 0.05) is 29.6 Å². The van der Waals surface area contributed by atoms with E-state index in [0.29, 0.717) is 11.5 Å². The Balaban J connectivity index is 1.48. The largest absolute Gasteiger partial charge is 0.325 e. The molecule has 5 nitrogen and oxygen atoms in total. The average molecular weight is 432 g/mol. The first-order valence-electron chi connectivity index (χ1n) is 9.61. The van der Waals surface area contributed by atoms with Crippen LogP contribution in [0, 0.1) is 17.5 Å². The zero-order valence-electron chi connectivity index (χ0n) is 16.0. The highest BCUT2D eigenvalue weighted by molar-refractivity contribution is 8.00. The molecule has 3 aromatic rings. The third-order valence-electron chi connectivity index (χ3n) is 4.85. The van der Waals surface area contributed by atoms with Gasteiger partial charge < -0.3 is 9.88 Å². The number of nitrogens with one attached hydrogen (secondary N) is 1. The first kappa shape index (κ1) is 20.5. The molecular formula is C21H19F3N4OS. The molecule has 1 aliphatic rings. The van der Waals surface area contributed by atoms with E-state index in [-0.39, 0.29) is 22.1 Å². The summed E-state index contributed by atoms with van der Waals surface area (Å²) in [5.41, 5.74) is 0.674. The van der Waals surface area contributed by atoms with Crippen molar-refractivity contribution in [3.8, 4) is 11.4 Å². The molecule has 0 atom stereocenters. The minimum atomic E-state index is -0.718. The van der Waals surface area contributed by atoms with Gasteiger partial charge in [0.25, 0.3) is 0 Å². The number of nitrogens with zero attached hydrogens (tertiary/aromatic N) is 3. The number of anilines is 1. The van der Waals surface area contributed by atoms with Crippen LogP contribution in [0.25, 0.3) is 11.4 Å². The van der Waals surface area contributed by atoms with Gasteiger partial charge in [-0.15, -0.1) is 22.0 Å². The first-order chi connectivity index (χ1) is 14.5. The molecule has 0 spiro atoms. The van der Waals surface area contributed by atoms with Gasteiger partial charge in [-0.3, -0.25) is 4.79 Å². The molecule has 0 saturated heterocycles. The number of benzene rings is 2. The van der Waals surface area contributed by atoms with Crippen molar-refractivity contribution >= 4 is 23.4 Å². The van der Waals surface area contributed by atoms with E-state index >= 15 is 0 Å². The fourth-order valence-corrected chi connectivity index (χ4v) is 4.11. The van der Waals surface area contributed by atoms with E-state index in [1.165, 1.54) is 24.3 Å². The highest BCUT2D eigenvalue weighted by Gasteiger charge is 2.19. The van der Waals surface area contributed by atoms with Crippen molar-refractivity contribution in [3.63, 3.8) is 0 Å². The highest BCUT2D eigenvalue weighted by Crippen LogP contribution is 2.28. The Hall–Kier alpha value is -2.81. The number of amides is 1. The molecule has 2 aromatic carbocycles. The van der Waals surface area contributed by atoms with Crippen LogP contribution in [-0.4, -0.2) is 26.4 Å². The number of aryl methyl sites for hydroxylation is 1. The van der Waals surface area contributed by atoms with Crippen LogP contribution in [0.1, 0.15) is 25.1 Å². The number of hydrogen-bond donors (Lipinski definition) is 1. The lowest BCUT2D eigenvalue weighted by Gasteiger charge is -2.10. The zero-order chi connectivity index (χ0) is 21.1. The van der Waals surface area contributed by atoms with Crippen molar-refractivity contribution in [2.75, 3.05) is 11.1 Å². The Morgan fingerprint density at radius 2 is 1.90 bits per heavy atom. The van der Waals surface area contributed by atoms with Gasteiger partial charge in [0.15, 0.2) is 5.82 Å². The van der Waals surface area contributed by atoms with Gasteiger partial charge >= 0.3 is 0 Å². The molecule has 0 fully saturated rings. The second-order valence-corrected chi connectivity index (χ2v) is 8.03. The summed E-state index contributed by atoms with van der Waals surface area (Å²) in [7, 11) is 0. The third-order valence-corrected chi connectivity index (χ3v) is 5.90. The molecule has 1 aromatic heterocycles. The fourth-order valence-electron chi connectivity index (χ4n) is 3.39. The second kappa shape index (κ2) is 8.91. The monoisotopic (exact) mass is 432 g/mol. The molecule has 9 heteroatoms. The number of carbonyl (C=O) groups is 1. The van der Waals surface area contributed by atoms with Gasteiger partial charge in [0.05, 0.1) is 11.3 Å². The van der Waals surface area contributed by atoms with Gasteiger partial charge in [-0.25, -0.2) is 13.2 Å². The van der Waals surface area contributed by atoms with E-state index in [4.69, 9.17) is 0 Å². The molecule has 4 rings (SSSR count). The molecule has 0 aliphatic carbocycles. The van der Waals surface area contributed by atoms with Gasteiger partial charge in [-0.1, -0.05) is 6.42 Å². The summed E-state index contributed by atoms with van der Waals surface area (Å²) in [6.45, 7) is 0.730. The summed E-state index contributed by atoms with van der Waals surface area (Å²) >= 11 is 0.955. The summed E-state index contributed by atoms with van der Waals surface area (Å²) in [5.74, 6) is -1.01. The Labute approximate surface area is 175 Å². The van der Waals surface area contributed by atoms with E-state index in [9.17, 15) is 18.0 Å². The van der Waals surface area contributed by atoms with Crippen LogP contribution in [0.5, 0.6) is 0 Å². The summed E-state index contributed by atoms with van der Waals surface area (Å²) in [6, 6.07) is 7.45. The summed E-state index contributed by atoms with van der Waals surface area (Å²) in [6.07, 6.45) is 3.91. The van der Waals surface area contributed by atoms with E-state index < -0.39 is 17.5 Å². The Morgan fingerprint density at radius 1 is 1.03 bits per heavy atom. The van der Waals surface area contributed by atoms with Crippen molar-refractivity contribution in [2.24, 2.45) is 0 Å². The average Bonchev–Trinajstić information content (AvgIpc) is 2.96. The maximum Gasteiger partial charge on any atom is 0.234 e. The van der Waals surface area contributed by atoms with Gasteiger partial charge in [-0.05, 0) is 43.2 Å². The smallest absolute Gasteiger partial charge is 0.234 e. The summed E-state index contributed by atoms with van der Waals surface area (Å²) in [5, 5.41) is 11.0. The predicted octanol–water partition coefficient (Wildman–Crippen LogP) is 4.82. The number of rotatable bonds is 5. The summed E-state index contributed by atoms with van der Waals surface area (Å²) < 4.78 is 43.1. The number of halogens is 3. The van der Waals surface area contributed by atoms with Crippen LogP contribution in [0.3, 0.4) is 0 Å². The van der Waals surface area contributed by atoms with Crippen molar-refractivity contribution in [1.29, 1.82) is 0 Å². The quantitative estimate of drug-likeness (QED) is 0.588. The standard InChI is InChI=1S/C21H19F3N4OS/c22-13-5-8-18(17(24)10-13)30-12-20(29)25-14-6-7-16(23)15(11-14)21-27-26-19-4-2-1-3-9-28(19)21/h5-8,10-11H,1-4,9,12H2,(H,25,29). The van der Waals surface area contributed by atoms with E-state index in [1.807, 2.05) is 4.57 Å². The lowest BCUT2D eigenvalue weighted by Crippen LogP contribution is -2.14. The van der Waals surface area contributed by atoms with E-state index in [1.54, 1.807) is 0 Å². The number of fused-ring (bicyclic) bond motifs is 1. The van der Waals surface area contributed by atoms with Gasteiger partial charge in [0.1, 0.15) is 23.3 Å². The molecule has 0 saturated carbocycles. The van der Waals surface area contributed by atoms with Crippen LogP contribution in [0.2, 0.25) is 0 Å². The Morgan fingerprint density at radius 3 is 2.73 bits per heavy atom. The number of hydrogen-bond acceptors (Lipinski definition) is 4. The molecule has 2 heterocycles. The van der Waals surface area contributed by atoms with Crippen LogP contribution >= 0.6 is 11.8 Å². The first-order valence-corrected chi connectivity index (χ1v) is 10.6. The lowest BCUT2D eigenvalue weighted by molar-refractivity contribution is -0.113. The lowest BCUT2D eigenvalue weighted by atomic mass is 10.1. The Bertz CT molecular complexity index is 1090. The highest BCUT2D eigenvalue weighted by atomic mass is 32.2. The van der Waals surface area contributed by atoms with Crippen molar-refractivity contribution in [2.45, 2.75) is 37.1 Å². The molecule has 0 unspecified atom stereocenters. The van der Waals surface area contributed by atoms with E-state index in [2.05, 4.69) is 15.5 Å². The molecule has 1 amide bonds. The molecule has 156 valence electrons. The summed E-state index contributed by atoms with van der Waals surface area (Å²) in [4.78, 5) is 12.4. The van der Waals surface area contributed by atoms with Crippen molar-refractivity contribution in [3.05, 3.63) is 59.7 Å². The maximum atomic E-state index is 14.5. The normalized spacial score (nSPS) is 13.6. The van der Waals surface area contributed by atoms with Crippen molar-refractivity contribution < 1.29 is 18.0 Å². The maximum absolute atomic E-state index is 14.5. The molecular weight excluding hydrogens is 413 g/mol. The van der Waals surface area contributed by atoms with Crippen LogP contribution in [-0.2, 0) is 17.8 Å². The fraction of sp³-hybridized carbons (Fsp3) is 0.286. The zero-order valence-corrected chi connectivity index (χ0v) is 16.8. The molecule has 1 aliphatic heterocycles. The second-order valence-electron chi connectivity index (χ2n) is 7.01. The van der Waals surface area contributed by atoms with Crippen LogP contribution in [0.15, 0.2) is 41.3 Å².